The molecule has 8 nitrogen and oxygen atoms in total. The Kier molecular flexibility index (Phi) is 9.50. The molecular formula is C30H35N3O5S. The van der Waals surface area contributed by atoms with E-state index in [-0.39, 0.29) is 36.2 Å². The van der Waals surface area contributed by atoms with Gasteiger partial charge in [0, 0.05) is 36.7 Å². The summed E-state index contributed by atoms with van der Waals surface area (Å²) in [4.78, 5) is 43.0. The van der Waals surface area contributed by atoms with Gasteiger partial charge in [-0.15, -0.1) is 11.3 Å². The molecule has 1 N–H and O–H groups in total. The highest BCUT2D eigenvalue weighted by atomic mass is 32.1. The van der Waals surface area contributed by atoms with Crippen molar-refractivity contribution in [3.8, 4) is 5.75 Å². The van der Waals surface area contributed by atoms with E-state index < -0.39 is 0 Å². The number of para-hydroxylation sites is 1. The van der Waals surface area contributed by atoms with E-state index in [1.54, 1.807) is 24.3 Å². The number of hydrogen-bond acceptors (Lipinski definition) is 7. The number of aromatic nitrogens is 1. The smallest absolute Gasteiger partial charge is 0.265 e. The van der Waals surface area contributed by atoms with Crippen LogP contribution in [-0.2, 0) is 11.3 Å². The van der Waals surface area contributed by atoms with Crippen LogP contribution in [0, 0.1) is 0 Å². The van der Waals surface area contributed by atoms with E-state index in [0.29, 0.717) is 58.4 Å². The monoisotopic (exact) mass is 549 g/mol. The number of carbonyl (C=O) groups is 2. The molecule has 0 aliphatic carbocycles. The zero-order chi connectivity index (χ0) is 27.9. The molecule has 2 heterocycles. The molecule has 0 fully saturated rings. The van der Waals surface area contributed by atoms with Gasteiger partial charge in [-0.3, -0.25) is 19.0 Å². The van der Waals surface area contributed by atoms with Crippen molar-refractivity contribution in [3.63, 3.8) is 0 Å². The van der Waals surface area contributed by atoms with Gasteiger partial charge in [-0.25, -0.2) is 0 Å². The van der Waals surface area contributed by atoms with Crippen molar-refractivity contribution in [2.45, 2.75) is 33.4 Å². The van der Waals surface area contributed by atoms with Crippen molar-refractivity contribution in [3.05, 3.63) is 75.4 Å². The first-order valence-electron chi connectivity index (χ1n) is 13.2. The summed E-state index contributed by atoms with van der Waals surface area (Å²) in [7, 11) is 2.00. The number of rotatable bonds is 13. The highest BCUT2D eigenvalue weighted by Gasteiger charge is 2.26. The summed E-state index contributed by atoms with van der Waals surface area (Å²) in [5, 5.41) is 4.07. The summed E-state index contributed by atoms with van der Waals surface area (Å²) in [5.74, 6) is -0.236. The molecule has 0 spiro atoms. The molecule has 0 atom stereocenters. The third kappa shape index (κ3) is 6.38. The van der Waals surface area contributed by atoms with Crippen LogP contribution in [0.1, 0.15) is 40.8 Å². The summed E-state index contributed by atoms with van der Waals surface area (Å²) in [6, 6.07) is 16.7. The SMILES string of the molecule is CCOCCOc1c(C(=O)NCCN(C)C(C)C)sc2c1c(=O)n(CC(=O)c1ccccc1)c1ccccc21. The third-order valence-corrected chi connectivity index (χ3v) is 7.88. The number of hydrogen-bond donors (Lipinski definition) is 1. The fraction of sp³-hybridized carbons (Fsp3) is 0.367. The number of nitrogens with one attached hydrogen (secondary N) is 1. The molecular weight excluding hydrogens is 514 g/mol. The first kappa shape index (κ1) is 28.5. The Labute approximate surface area is 232 Å². The van der Waals surface area contributed by atoms with Gasteiger partial charge in [-0.05, 0) is 33.9 Å². The highest BCUT2D eigenvalue weighted by Crippen LogP contribution is 2.39. The van der Waals surface area contributed by atoms with E-state index in [2.05, 4.69) is 24.1 Å². The van der Waals surface area contributed by atoms with Crippen molar-refractivity contribution in [2.75, 3.05) is 40.0 Å². The molecule has 2 aromatic heterocycles. The van der Waals surface area contributed by atoms with E-state index >= 15 is 0 Å². The quantitative estimate of drug-likeness (QED) is 0.194. The Balaban J connectivity index is 1.80. The Morgan fingerprint density at radius 3 is 2.49 bits per heavy atom. The molecule has 0 unspecified atom stereocenters. The topological polar surface area (TPSA) is 89.9 Å². The maximum atomic E-state index is 14.0. The van der Waals surface area contributed by atoms with Gasteiger partial charge in [0.15, 0.2) is 11.5 Å². The van der Waals surface area contributed by atoms with Gasteiger partial charge in [0.2, 0.25) is 0 Å². The summed E-state index contributed by atoms with van der Waals surface area (Å²) in [5.41, 5.74) is 0.791. The molecule has 0 saturated carbocycles. The third-order valence-electron chi connectivity index (χ3n) is 6.68. The van der Waals surface area contributed by atoms with Crippen LogP contribution in [0.2, 0.25) is 0 Å². The molecule has 206 valence electrons. The average Bonchev–Trinajstić information content (AvgIpc) is 3.33. The van der Waals surface area contributed by atoms with Crippen molar-refractivity contribution in [1.29, 1.82) is 0 Å². The summed E-state index contributed by atoms with van der Waals surface area (Å²) in [6.45, 7) is 8.13. The lowest BCUT2D eigenvalue weighted by atomic mass is 10.1. The van der Waals surface area contributed by atoms with Gasteiger partial charge in [0.25, 0.3) is 11.5 Å². The Morgan fingerprint density at radius 2 is 1.77 bits per heavy atom. The van der Waals surface area contributed by atoms with Crippen molar-refractivity contribution >= 4 is 44.0 Å². The average molecular weight is 550 g/mol. The molecule has 0 saturated heterocycles. The second-order valence-electron chi connectivity index (χ2n) is 9.54. The van der Waals surface area contributed by atoms with Crippen molar-refractivity contribution < 1.29 is 19.1 Å². The van der Waals surface area contributed by atoms with Gasteiger partial charge < -0.3 is 19.7 Å². The molecule has 39 heavy (non-hydrogen) atoms. The molecule has 4 rings (SSSR count). The number of carbonyl (C=O) groups excluding carboxylic acids is 2. The molecule has 9 heteroatoms. The fourth-order valence-electron chi connectivity index (χ4n) is 4.28. The largest absolute Gasteiger partial charge is 0.489 e. The number of nitrogens with zero attached hydrogens (tertiary/aromatic N) is 2. The number of benzene rings is 2. The minimum absolute atomic E-state index is 0.128. The van der Waals surface area contributed by atoms with E-state index in [0.717, 1.165) is 5.39 Å². The van der Waals surface area contributed by atoms with E-state index in [1.165, 1.54) is 15.9 Å². The van der Waals surface area contributed by atoms with Gasteiger partial charge in [0.05, 0.1) is 23.4 Å². The van der Waals surface area contributed by atoms with Crippen LogP contribution in [0.4, 0.5) is 0 Å². The van der Waals surface area contributed by atoms with Gasteiger partial charge in [0.1, 0.15) is 16.9 Å². The van der Waals surface area contributed by atoms with E-state index in [1.807, 2.05) is 44.3 Å². The Morgan fingerprint density at radius 1 is 1.05 bits per heavy atom. The summed E-state index contributed by atoms with van der Waals surface area (Å²) < 4.78 is 13.6. The van der Waals surface area contributed by atoms with Gasteiger partial charge in [-0.2, -0.15) is 0 Å². The number of likely N-dealkylation sites (N-methyl/N-ethyl adjacent to an activating group) is 1. The first-order chi connectivity index (χ1) is 18.8. The molecule has 4 aromatic rings. The van der Waals surface area contributed by atoms with Crippen LogP contribution < -0.4 is 15.6 Å². The molecule has 1 amide bonds. The van der Waals surface area contributed by atoms with Crippen molar-refractivity contribution in [1.82, 2.24) is 14.8 Å². The van der Waals surface area contributed by atoms with Gasteiger partial charge in [-0.1, -0.05) is 48.5 Å². The number of Topliss-reactive ketones (excluding diaryl/α,β-unsaturated/α-hetero) is 1. The van der Waals surface area contributed by atoms with Crippen LogP contribution in [0.25, 0.3) is 21.0 Å². The Hall–Kier alpha value is -3.53. The minimum atomic E-state index is -0.366. The predicted octanol–water partition coefficient (Wildman–Crippen LogP) is 4.58. The fourth-order valence-corrected chi connectivity index (χ4v) is 5.47. The lowest BCUT2D eigenvalue weighted by Gasteiger charge is -2.20. The minimum Gasteiger partial charge on any atom is -0.489 e. The number of fused-ring (bicyclic) bond motifs is 3. The number of pyridine rings is 1. The maximum Gasteiger partial charge on any atom is 0.265 e. The lowest BCUT2D eigenvalue weighted by Crippen LogP contribution is -2.36. The van der Waals surface area contributed by atoms with E-state index in [9.17, 15) is 14.4 Å². The first-order valence-corrected chi connectivity index (χ1v) is 14.0. The zero-order valence-electron chi connectivity index (χ0n) is 22.9. The molecule has 0 aliphatic heterocycles. The number of amides is 1. The van der Waals surface area contributed by atoms with Gasteiger partial charge >= 0.3 is 0 Å². The van der Waals surface area contributed by atoms with Crippen LogP contribution in [0.5, 0.6) is 5.75 Å². The summed E-state index contributed by atoms with van der Waals surface area (Å²) >= 11 is 1.24. The Bertz CT molecular complexity index is 1510. The predicted molar refractivity (Wildman–Crippen MR) is 156 cm³/mol. The molecule has 0 aliphatic rings. The number of ether oxygens (including phenoxy) is 2. The molecule has 0 radical (unpaired) electrons. The van der Waals surface area contributed by atoms with Crippen LogP contribution in [0.3, 0.4) is 0 Å². The van der Waals surface area contributed by atoms with E-state index in [4.69, 9.17) is 9.47 Å². The van der Waals surface area contributed by atoms with Crippen LogP contribution in [0.15, 0.2) is 59.4 Å². The highest BCUT2D eigenvalue weighted by molar-refractivity contribution is 7.22. The zero-order valence-corrected chi connectivity index (χ0v) is 23.7. The summed E-state index contributed by atoms with van der Waals surface area (Å²) in [6.07, 6.45) is 0. The van der Waals surface area contributed by atoms with Crippen LogP contribution in [-0.4, -0.2) is 67.2 Å². The maximum absolute atomic E-state index is 14.0. The number of ketones is 1. The molecule has 0 bridgehead atoms. The second kappa shape index (κ2) is 13.0. The normalized spacial score (nSPS) is 11.5. The molecule has 2 aromatic carbocycles. The standard InChI is InChI=1S/C30H35N3O5S/c1-5-37-17-18-38-26-25-27(39-28(26)29(35)31-15-16-32(4)20(2)3)22-13-9-10-14-23(22)33(30(25)36)19-24(34)21-11-7-6-8-12-21/h6-14,20H,5,15-19H2,1-4H3,(H,31,35). The lowest BCUT2D eigenvalue weighted by molar-refractivity contribution is 0.0935. The number of thiophene rings is 1. The van der Waals surface area contributed by atoms with Crippen LogP contribution >= 0.6 is 11.3 Å². The van der Waals surface area contributed by atoms with Crippen molar-refractivity contribution in [2.24, 2.45) is 0 Å². The second-order valence-corrected chi connectivity index (χ2v) is 10.6.